The van der Waals surface area contributed by atoms with Gasteiger partial charge in [-0.2, -0.15) is 0 Å². The first-order valence-electron chi connectivity index (χ1n) is 15.3. The maximum atomic E-state index is 11.4. The molecule has 0 amide bonds. The summed E-state index contributed by atoms with van der Waals surface area (Å²) in [6, 6.07) is 35.5. The first kappa shape index (κ1) is 31.1. The number of aromatic nitrogens is 2. The minimum atomic E-state index is -1.13. The number of carbonyl (C=O) groups is 1. The fourth-order valence-electron chi connectivity index (χ4n) is 5.89. The lowest BCUT2D eigenvalue weighted by Crippen LogP contribution is -2.47. The number of carboxylic acid groups (broad SMARTS) is 1. The summed E-state index contributed by atoms with van der Waals surface area (Å²) in [5.74, 6) is -1.13. The Bertz CT molecular complexity index is 1580. The second-order valence-electron chi connectivity index (χ2n) is 11.5. The van der Waals surface area contributed by atoms with E-state index in [9.17, 15) is 15.0 Å². The molecule has 2 heterocycles. The predicted octanol–water partition coefficient (Wildman–Crippen LogP) is 4.30. The van der Waals surface area contributed by atoms with E-state index in [0.29, 0.717) is 13.0 Å². The maximum Gasteiger partial charge on any atom is 0.0958 e. The molecule has 1 aromatic heterocycles. The lowest BCUT2D eigenvalue weighted by atomic mass is 9.96. The smallest absolute Gasteiger partial charge is 0.0958 e. The zero-order chi connectivity index (χ0) is 30.9. The van der Waals surface area contributed by atoms with Gasteiger partial charge in [-0.05, 0) is 40.8 Å². The van der Waals surface area contributed by atoms with Crippen LogP contribution in [0.5, 0.6) is 0 Å². The van der Waals surface area contributed by atoms with Crippen molar-refractivity contribution in [2.45, 2.75) is 45.5 Å². The Kier molecular flexibility index (Phi) is 10.6. The van der Waals surface area contributed by atoms with E-state index in [4.69, 9.17) is 0 Å². The van der Waals surface area contributed by atoms with Crippen molar-refractivity contribution in [2.75, 3.05) is 26.2 Å². The van der Waals surface area contributed by atoms with Crippen molar-refractivity contribution in [2.24, 2.45) is 0 Å². The Morgan fingerprint density at radius 3 is 2.02 bits per heavy atom. The van der Waals surface area contributed by atoms with Gasteiger partial charge < -0.3 is 19.6 Å². The molecular weight excluding hydrogens is 548 g/mol. The van der Waals surface area contributed by atoms with Gasteiger partial charge in [0.25, 0.3) is 0 Å². The van der Waals surface area contributed by atoms with Gasteiger partial charge in [-0.15, -0.1) is 6.10 Å². The molecule has 1 fully saturated rings. The molecule has 228 valence electrons. The molecule has 1 saturated heterocycles. The summed E-state index contributed by atoms with van der Waals surface area (Å²) in [6.07, 6.45) is 2.04. The van der Waals surface area contributed by atoms with Gasteiger partial charge in [-0.25, -0.2) is 4.98 Å². The molecule has 0 saturated carbocycles. The number of nitrogens with zero attached hydrogens (tertiary/aromatic N) is 4. The van der Waals surface area contributed by atoms with Crippen molar-refractivity contribution in [3.05, 3.63) is 137 Å². The molecule has 0 bridgehead atoms. The van der Waals surface area contributed by atoms with Crippen molar-refractivity contribution in [3.63, 3.8) is 0 Å². The topological polar surface area (TPSA) is 87.5 Å². The first-order valence-corrected chi connectivity index (χ1v) is 15.3. The van der Waals surface area contributed by atoms with Crippen LogP contribution >= 0.6 is 0 Å². The number of hydrogen-bond acceptors (Lipinski definition) is 6. The number of aryl methyl sites for hydroxylation is 2. The van der Waals surface area contributed by atoms with Gasteiger partial charge in [0.15, 0.2) is 0 Å². The van der Waals surface area contributed by atoms with E-state index in [2.05, 4.69) is 98.2 Å². The predicted molar refractivity (Wildman–Crippen MR) is 171 cm³/mol. The fourth-order valence-corrected chi connectivity index (χ4v) is 5.89. The fraction of sp³-hybridized carbons (Fsp3) is 0.297. The number of carboxylic acids is 1. The highest BCUT2D eigenvalue weighted by Crippen LogP contribution is 2.30. The number of aromatic carboxylic acids is 1. The van der Waals surface area contributed by atoms with E-state index in [0.717, 1.165) is 49.3 Å². The summed E-state index contributed by atoms with van der Waals surface area (Å²) in [5, 5.41) is 21.0. The molecule has 1 aliphatic heterocycles. The number of benzene rings is 4. The third-order valence-electron chi connectivity index (χ3n) is 7.95. The average Bonchev–Trinajstić information content (AvgIpc) is 3.44. The van der Waals surface area contributed by atoms with Crippen LogP contribution in [0.1, 0.15) is 52.5 Å². The van der Waals surface area contributed by atoms with Crippen molar-refractivity contribution in [1.82, 2.24) is 19.4 Å². The standard InChI is InChI=1S/C34H34N4O2.C3H7O/c39-34(40)30-14-8-7-9-27(30)17-18-38-25-35-31-23-26(15-16-32(31)38)24-36-19-21-37(22-20-36)33(28-10-3-1-4-11-28)29-12-5-2-6-13-29;1-3(2)4/h1-16,23,25,33H,17-22,24H2,(H,39,40);3H,1-2H3/q;-1/p-1. The number of hydrogen-bond donors (Lipinski definition) is 0. The lowest BCUT2D eigenvalue weighted by molar-refractivity contribution is -0.407. The third kappa shape index (κ3) is 7.99. The summed E-state index contributed by atoms with van der Waals surface area (Å²) in [7, 11) is 0. The van der Waals surface area contributed by atoms with Crippen molar-refractivity contribution in [1.29, 1.82) is 0 Å². The molecule has 0 aliphatic carbocycles. The van der Waals surface area contributed by atoms with E-state index in [1.54, 1.807) is 26.0 Å². The van der Waals surface area contributed by atoms with E-state index >= 15 is 0 Å². The molecule has 7 nitrogen and oxygen atoms in total. The Morgan fingerprint density at radius 1 is 0.818 bits per heavy atom. The molecule has 6 rings (SSSR count). The minimum Gasteiger partial charge on any atom is -0.852 e. The van der Waals surface area contributed by atoms with Gasteiger partial charge in [0, 0.05) is 44.8 Å². The minimum absolute atomic E-state index is 0.258. The molecule has 4 aromatic carbocycles. The van der Waals surface area contributed by atoms with Gasteiger partial charge in [-0.3, -0.25) is 9.80 Å². The van der Waals surface area contributed by atoms with Crippen LogP contribution in [0.4, 0.5) is 0 Å². The van der Waals surface area contributed by atoms with Crippen LogP contribution in [-0.2, 0) is 19.5 Å². The molecular formula is C37H40N4O3-2. The SMILES string of the molecule is CC(C)[O-].O=C([O-])c1ccccc1CCn1cnc2cc(CN3CCN(C(c4ccccc4)c4ccccc4)CC3)ccc21. The molecule has 0 spiro atoms. The maximum absolute atomic E-state index is 11.4. The second-order valence-corrected chi connectivity index (χ2v) is 11.5. The second kappa shape index (κ2) is 14.9. The van der Waals surface area contributed by atoms with Crippen LogP contribution in [0.25, 0.3) is 11.0 Å². The number of piperazine rings is 1. The van der Waals surface area contributed by atoms with E-state index < -0.39 is 12.1 Å². The normalized spacial score (nSPS) is 14.1. The van der Waals surface area contributed by atoms with Crippen molar-refractivity contribution < 1.29 is 15.0 Å². The third-order valence-corrected chi connectivity index (χ3v) is 7.95. The monoisotopic (exact) mass is 588 g/mol. The Morgan fingerprint density at radius 2 is 1.41 bits per heavy atom. The van der Waals surface area contributed by atoms with Gasteiger partial charge >= 0.3 is 0 Å². The van der Waals surface area contributed by atoms with Crippen molar-refractivity contribution >= 4 is 17.0 Å². The summed E-state index contributed by atoms with van der Waals surface area (Å²) in [4.78, 5) is 21.2. The highest BCUT2D eigenvalue weighted by molar-refractivity contribution is 5.87. The highest BCUT2D eigenvalue weighted by Gasteiger charge is 2.26. The zero-order valence-corrected chi connectivity index (χ0v) is 25.5. The molecule has 0 unspecified atom stereocenters. The summed E-state index contributed by atoms with van der Waals surface area (Å²) in [6.45, 7) is 8.83. The first-order chi connectivity index (χ1) is 21.4. The molecule has 0 radical (unpaired) electrons. The van der Waals surface area contributed by atoms with Crippen LogP contribution in [0, 0.1) is 0 Å². The summed E-state index contributed by atoms with van der Waals surface area (Å²) < 4.78 is 2.09. The van der Waals surface area contributed by atoms with Crippen LogP contribution in [0.15, 0.2) is 109 Å². The average molecular weight is 589 g/mol. The number of fused-ring (bicyclic) bond motifs is 1. The largest absolute Gasteiger partial charge is 0.852 e. The zero-order valence-electron chi connectivity index (χ0n) is 25.5. The molecule has 5 aromatic rings. The van der Waals surface area contributed by atoms with Crippen LogP contribution in [-0.4, -0.2) is 57.6 Å². The van der Waals surface area contributed by atoms with E-state index in [-0.39, 0.29) is 11.6 Å². The van der Waals surface area contributed by atoms with Gasteiger partial charge in [0.2, 0.25) is 0 Å². The highest BCUT2D eigenvalue weighted by atomic mass is 16.4. The van der Waals surface area contributed by atoms with Crippen LogP contribution in [0.2, 0.25) is 0 Å². The van der Waals surface area contributed by atoms with E-state index in [1.165, 1.54) is 16.7 Å². The molecule has 1 aliphatic rings. The molecule has 0 atom stereocenters. The van der Waals surface area contributed by atoms with Gasteiger partial charge in [0.1, 0.15) is 0 Å². The lowest BCUT2D eigenvalue weighted by Gasteiger charge is -2.39. The summed E-state index contributed by atoms with van der Waals surface area (Å²) in [5.41, 5.74) is 7.01. The van der Waals surface area contributed by atoms with Gasteiger partial charge in [-0.1, -0.05) is 105 Å². The molecule has 7 heteroatoms. The molecule has 0 N–H and O–H groups in total. The summed E-state index contributed by atoms with van der Waals surface area (Å²) >= 11 is 0. The number of rotatable bonds is 9. The van der Waals surface area contributed by atoms with Crippen molar-refractivity contribution in [3.8, 4) is 0 Å². The Labute approximate surface area is 260 Å². The Hall–Kier alpha value is -4.30. The van der Waals surface area contributed by atoms with E-state index in [1.807, 2.05) is 18.5 Å². The number of carbonyl (C=O) groups excluding carboxylic acids is 1. The van der Waals surface area contributed by atoms with Crippen LogP contribution < -0.4 is 10.2 Å². The van der Waals surface area contributed by atoms with Crippen LogP contribution in [0.3, 0.4) is 0 Å². The quantitative estimate of drug-likeness (QED) is 0.255. The molecule has 44 heavy (non-hydrogen) atoms. The number of imidazole rings is 1. The Balaban J connectivity index is 0.000000906. The van der Waals surface area contributed by atoms with Gasteiger partial charge in [0.05, 0.1) is 29.4 Å².